The molecular weight excluding hydrogens is 264 g/mol. The van der Waals surface area contributed by atoms with Crippen LogP contribution in [-0.4, -0.2) is 27.9 Å². The molecule has 0 fully saturated rings. The zero-order valence-corrected chi connectivity index (χ0v) is 12.2. The lowest BCUT2D eigenvalue weighted by Crippen LogP contribution is -2.34. The number of rotatable bonds is 3. The van der Waals surface area contributed by atoms with E-state index in [0.29, 0.717) is 12.6 Å². The molecule has 0 amide bonds. The average Bonchev–Trinajstić information content (AvgIpc) is 3.11. The van der Waals surface area contributed by atoms with Crippen molar-refractivity contribution in [2.24, 2.45) is 0 Å². The van der Waals surface area contributed by atoms with Crippen LogP contribution in [0, 0.1) is 0 Å². The van der Waals surface area contributed by atoms with E-state index in [1.54, 1.807) is 0 Å². The summed E-state index contributed by atoms with van der Waals surface area (Å²) in [6, 6.07) is 8.59. The lowest BCUT2D eigenvalue weighted by molar-refractivity contribution is 0.332. The van der Waals surface area contributed by atoms with Crippen LogP contribution in [0.15, 0.2) is 24.3 Å². The Labute approximate surface area is 124 Å². The van der Waals surface area contributed by atoms with Gasteiger partial charge >= 0.3 is 0 Å². The van der Waals surface area contributed by atoms with Crippen LogP contribution >= 0.6 is 0 Å². The smallest absolute Gasteiger partial charge is 0.150 e. The molecule has 21 heavy (non-hydrogen) atoms. The Kier molecular flexibility index (Phi) is 3.15. The van der Waals surface area contributed by atoms with E-state index in [1.165, 1.54) is 5.56 Å². The first kappa shape index (κ1) is 12.8. The van der Waals surface area contributed by atoms with Crippen LogP contribution in [0.3, 0.4) is 0 Å². The van der Waals surface area contributed by atoms with Crippen molar-refractivity contribution in [3.63, 3.8) is 0 Å². The van der Waals surface area contributed by atoms with Gasteiger partial charge in [-0.3, -0.25) is 0 Å². The minimum Gasteiger partial charge on any atom is -0.492 e. The Balaban J connectivity index is 1.72. The summed E-state index contributed by atoms with van der Waals surface area (Å²) in [5, 5.41) is 12.5. The Hall–Kier alpha value is -1.88. The van der Waals surface area contributed by atoms with Gasteiger partial charge in [0, 0.05) is 18.7 Å². The highest BCUT2D eigenvalue weighted by atomic mass is 16.5. The monoisotopic (exact) mass is 284 g/mol. The van der Waals surface area contributed by atoms with Crippen molar-refractivity contribution >= 4 is 0 Å². The number of fused-ring (bicyclic) bond motifs is 2. The van der Waals surface area contributed by atoms with Crippen LogP contribution in [0.1, 0.15) is 48.9 Å². The van der Waals surface area contributed by atoms with Crippen LogP contribution in [0.2, 0.25) is 0 Å². The molecule has 3 heterocycles. The summed E-state index contributed by atoms with van der Waals surface area (Å²) in [7, 11) is 0. The zero-order chi connectivity index (χ0) is 14.2. The van der Waals surface area contributed by atoms with Gasteiger partial charge in [-0.15, -0.1) is 10.2 Å². The third kappa shape index (κ3) is 2.03. The first-order valence-electron chi connectivity index (χ1n) is 7.76. The molecule has 2 unspecified atom stereocenters. The molecule has 0 saturated carbocycles. The van der Waals surface area contributed by atoms with Gasteiger partial charge in [-0.2, -0.15) is 0 Å². The second kappa shape index (κ2) is 5.15. The van der Waals surface area contributed by atoms with E-state index in [0.717, 1.165) is 43.3 Å². The van der Waals surface area contributed by atoms with Crippen molar-refractivity contribution in [3.05, 3.63) is 41.5 Å². The SMILES string of the molecule is CCCC1NCCn2c1nnc2C1COc2ccccc21. The maximum absolute atomic E-state index is 5.80. The van der Waals surface area contributed by atoms with E-state index in [9.17, 15) is 0 Å². The van der Waals surface area contributed by atoms with Gasteiger partial charge in [-0.1, -0.05) is 31.5 Å². The summed E-state index contributed by atoms with van der Waals surface area (Å²) >= 11 is 0. The molecule has 2 aromatic rings. The minimum absolute atomic E-state index is 0.211. The average molecular weight is 284 g/mol. The van der Waals surface area contributed by atoms with Crippen molar-refractivity contribution in [3.8, 4) is 5.75 Å². The van der Waals surface area contributed by atoms with Gasteiger partial charge in [-0.25, -0.2) is 0 Å². The molecule has 110 valence electrons. The molecule has 0 saturated heterocycles. The van der Waals surface area contributed by atoms with E-state index < -0.39 is 0 Å². The molecule has 0 radical (unpaired) electrons. The molecule has 2 aliphatic rings. The van der Waals surface area contributed by atoms with Crippen molar-refractivity contribution in [2.75, 3.05) is 13.2 Å². The van der Waals surface area contributed by atoms with E-state index >= 15 is 0 Å². The minimum atomic E-state index is 0.211. The molecule has 1 aromatic carbocycles. The predicted octanol–water partition coefficient (Wildman–Crippen LogP) is 2.25. The third-order valence-corrected chi connectivity index (χ3v) is 4.43. The number of para-hydroxylation sites is 1. The van der Waals surface area contributed by atoms with Crippen LogP contribution in [0.5, 0.6) is 5.75 Å². The predicted molar refractivity (Wildman–Crippen MR) is 79.5 cm³/mol. The summed E-state index contributed by atoms with van der Waals surface area (Å²) < 4.78 is 8.10. The molecule has 4 rings (SSSR count). The first-order valence-corrected chi connectivity index (χ1v) is 7.76. The van der Waals surface area contributed by atoms with Gasteiger partial charge in [0.25, 0.3) is 0 Å². The summed E-state index contributed by atoms with van der Waals surface area (Å²) in [5.41, 5.74) is 1.23. The highest BCUT2D eigenvalue weighted by Crippen LogP contribution is 2.38. The summed E-state index contributed by atoms with van der Waals surface area (Å²) in [6.07, 6.45) is 2.26. The molecule has 5 heteroatoms. The topological polar surface area (TPSA) is 52.0 Å². The number of aromatic nitrogens is 3. The maximum Gasteiger partial charge on any atom is 0.150 e. The number of hydrogen-bond donors (Lipinski definition) is 1. The lowest BCUT2D eigenvalue weighted by Gasteiger charge is -2.25. The number of nitrogens with one attached hydrogen (secondary N) is 1. The zero-order valence-electron chi connectivity index (χ0n) is 12.2. The van der Waals surface area contributed by atoms with Gasteiger partial charge < -0.3 is 14.6 Å². The van der Waals surface area contributed by atoms with Crippen molar-refractivity contribution in [1.29, 1.82) is 0 Å². The third-order valence-electron chi connectivity index (χ3n) is 4.43. The van der Waals surface area contributed by atoms with Gasteiger partial charge in [0.1, 0.15) is 24.0 Å². The summed E-state index contributed by atoms with van der Waals surface area (Å²) in [4.78, 5) is 0. The summed E-state index contributed by atoms with van der Waals surface area (Å²) in [5.74, 6) is 3.33. The maximum atomic E-state index is 5.80. The van der Waals surface area contributed by atoms with Gasteiger partial charge in [0.05, 0.1) is 12.0 Å². The van der Waals surface area contributed by atoms with Gasteiger partial charge in [0.2, 0.25) is 0 Å². The Morgan fingerprint density at radius 1 is 1.29 bits per heavy atom. The Morgan fingerprint density at radius 3 is 3.05 bits per heavy atom. The van der Waals surface area contributed by atoms with Crippen LogP contribution in [0.25, 0.3) is 0 Å². The highest BCUT2D eigenvalue weighted by Gasteiger charge is 2.33. The Bertz CT molecular complexity index is 651. The quantitative estimate of drug-likeness (QED) is 0.939. The standard InChI is InChI=1S/C16H20N4O/c1-2-5-13-16-19-18-15(20(16)9-8-17-13)12-10-21-14-7-4-3-6-11(12)14/h3-4,6-7,12-13,17H,2,5,8-10H2,1H3. The second-order valence-corrected chi connectivity index (χ2v) is 5.76. The van der Waals surface area contributed by atoms with Crippen LogP contribution in [-0.2, 0) is 6.54 Å². The molecule has 2 aliphatic heterocycles. The molecule has 0 spiro atoms. The number of ether oxygens (including phenoxy) is 1. The lowest BCUT2D eigenvalue weighted by atomic mass is 10.00. The fourth-order valence-corrected chi connectivity index (χ4v) is 3.41. The molecule has 1 N–H and O–H groups in total. The number of benzene rings is 1. The normalized spacial score (nSPS) is 23.5. The van der Waals surface area contributed by atoms with Gasteiger partial charge in [0.15, 0.2) is 0 Å². The molecule has 0 aliphatic carbocycles. The fraction of sp³-hybridized carbons (Fsp3) is 0.500. The highest BCUT2D eigenvalue weighted by molar-refractivity contribution is 5.43. The molecule has 2 atom stereocenters. The van der Waals surface area contributed by atoms with Crippen LogP contribution in [0.4, 0.5) is 0 Å². The van der Waals surface area contributed by atoms with E-state index in [1.807, 2.05) is 12.1 Å². The first-order chi connectivity index (χ1) is 10.4. The fourth-order valence-electron chi connectivity index (χ4n) is 3.41. The number of hydrogen-bond acceptors (Lipinski definition) is 4. The van der Waals surface area contributed by atoms with Crippen molar-refractivity contribution < 1.29 is 4.74 Å². The largest absolute Gasteiger partial charge is 0.492 e. The second-order valence-electron chi connectivity index (χ2n) is 5.76. The van der Waals surface area contributed by atoms with Gasteiger partial charge in [-0.05, 0) is 12.5 Å². The van der Waals surface area contributed by atoms with Crippen LogP contribution < -0.4 is 10.1 Å². The van der Waals surface area contributed by atoms with E-state index in [4.69, 9.17) is 4.74 Å². The number of nitrogens with zero attached hydrogens (tertiary/aromatic N) is 3. The molecule has 0 bridgehead atoms. The van der Waals surface area contributed by atoms with Crippen molar-refractivity contribution in [2.45, 2.75) is 38.3 Å². The van der Waals surface area contributed by atoms with E-state index in [2.05, 4.69) is 39.1 Å². The van der Waals surface area contributed by atoms with E-state index in [-0.39, 0.29) is 5.92 Å². The molecular formula is C16H20N4O. The molecule has 5 nitrogen and oxygen atoms in total. The van der Waals surface area contributed by atoms with Crippen molar-refractivity contribution in [1.82, 2.24) is 20.1 Å². The molecule has 1 aromatic heterocycles. The summed E-state index contributed by atoms with van der Waals surface area (Å²) in [6.45, 7) is 4.80. The Morgan fingerprint density at radius 2 is 2.14 bits per heavy atom.